The van der Waals surface area contributed by atoms with E-state index in [1.807, 2.05) is 6.07 Å². The van der Waals surface area contributed by atoms with Gasteiger partial charge < -0.3 is 5.32 Å². The summed E-state index contributed by atoms with van der Waals surface area (Å²) in [7, 11) is -3.73. The number of sulfonamides is 1. The van der Waals surface area contributed by atoms with Crippen molar-refractivity contribution in [3.63, 3.8) is 0 Å². The molecule has 0 atom stereocenters. The zero-order valence-corrected chi connectivity index (χ0v) is 13.2. The number of nitrogens with one attached hydrogen (secondary N) is 2. The molecular weight excluding hydrogens is 314 g/mol. The molecule has 7 heteroatoms. The van der Waals surface area contributed by atoms with Crippen molar-refractivity contribution in [1.82, 2.24) is 4.72 Å². The van der Waals surface area contributed by atoms with Crippen molar-refractivity contribution >= 4 is 21.6 Å². The molecule has 2 N–H and O–H groups in total. The van der Waals surface area contributed by atoms with Crippen molar-refractivity contribution in [1.29, 1.82) is 5.26 Å². The molecule has 1 amide bonds. The lowest BCUT2D eigenvalue weighted by Crippen LogP contribution is -2.32. The minimum atomic E-state index is -3.73. The van der Waals surface area contributed by atoms with Crippen LogP contribution in [0, 0.1) is 18.3 Å². The number of nitriles is 1. The number of carbonyl (C=O) groups excluding carboxylic acids is 1. The Bertz CT molecular complexity index is 853. The number of anilines is 1. The molecule has 0 unspecified atom stereocenters. The molecule has 0 spiro atoms. The predicted molar refractivity (Wildman–Crippen MR) is 86.2 cm³/mol. The Labute approximate surface area is 134 Å². The lowest BCUT2D eigenvalue weighted by atomic mass is 10.2. The molecule has 0 aliphatic rings. The first-order chi connectivity index (χ1) is 10.9. The molecule has 0 radical (unpaired) electrons. The first kappa shape index (κ1) is 16.7. The van der Waals surface area contributed by atoms with Gasteiger partial charge in [-0.2, -0.15) is 5.26 Å². The van der Waals surface area contributed by atoms with E-state index < -0.39 is 15.9 Å². The number of carbonyl (C=O) groups is 1. The van der Waals surface area contributed by atoms with Crippen LogP contribution in [0.2, 0.25) is 0 Å². The Balaban J connectivity index is 1.97. The quantitative estimate of drug-likeness (QED) is 0.873. The number of hydrogen-bond acceptors (Lipinski definition) is 4. The second-order valence-corrected chi connectivity index (χ2v) is 6.65. The molecule has 2 rings (SSSR count). The average molecular weight is 329 g/mol. The Hall–Kier alpha value is -2.69. The third-order valence-corrected chi connectivity index (χ3v) is 4.42. The smallest absolute Gasteiger partial charge is 0.241 e. The highest BCUT2D eigenvalue weighted by molar-refractivity contribution is 7.89. The maximum absolute atomic E-state index is 12.1. The molecule has 0 aromatic heterocycles. The van der Waals surface area contributed by atoms with Gasteiger partial charge in [-0.1, -0.05) is 12.1 Å². The van der Waals surface area contributed by atoms with Gasteiger partial charge in [0.2, 0.25) is 15.9 Å². The van der Waals surface area contributed by atoms with Gasteiger partial charge in [0.1, 0.15) is 0 Å². The van der Waals surface area contributed by atoms with E-state index in [0.717, 1.165) is 5.56 Å². The molecule has 6 nitrogen and oxygen atoms in total. The van der Waals surface area contributed by atoms with Crippen LogP contribution in [0.4, 0.5) is 5.69 Å². The normalized spacial score (nSPS) is 10.8. The average Bonchev–Trinajstić information content (AvgIpc) is 2.54. The largest absolute Gasteiger partial charge is 0.325 e. The summed E-state index contributed by atoms with van der Waals surface area (Å²) in [5.41, 5.74) is 1.78. The van der Waals surface area contributed by atoms with Gasteiger partial charge in [-0.05, 0) is 48.9 Å². The maximum Gasteiger partial charge on any atom is 0.241 e. The standard InChI is InChI=1S/C16H15N3O3S/c1-12-3-2-4-15(9-12)23(21,22)18-11-16(20)19-14-7-5-13(10-17)6-8-14/h2-9,18H,11H2,1H3,(H,19,20). The maximum atomic E-state index is 12.1. The van der Waals surface area contributed by atoms with Crippen LogP contribution in [-0.2, 0) is 14.8 Å². The van der Waals surface area contributed by atoms with Gasteiger partial charge in [0.25, 0.3) is 0 Å². The van der Waals surface area contributed by atoms with Crippen molar-refractivity contribution in [3.05, 3.63) is 59.7 Å². The van der Waals surface area contributed by atoms with E-state index in [9.17, 15) is 13.2 Å². The summed E-state index contributed by atoms with van der Waals surface area (Å²) in [4.78, 5) is 11.9. The number of rotatable bonds is 5. The minimum absolute atomic E-state index is 0.115. The molecule has 0 aliphatic heterocycles. The first-order valence-electron chi connectivity index (χ1n) is 6.77. The van der Waals surface area contributed by atoms with Crippen LogP contribution < -0.4 is 10.0 Å². The van der Waals surface area contributed by atoms with Gasteiger partial charge in [0.05, 0.1) is 23.1 Å². The van der Waals surface area contributed by atoms with Gasteiger partial charge in [0.15, 0.2) is 0 Å². The van der Waals surface area contributed by atoms with Crippen LogP contribution in [0.1, 0.15) is 11.1 Å². The van der Waals surface area contributed by atoms with Gasteiger partial charge in [-0.3, -0.25) is 4.79 Å². The molecule has 0 fully saturated rings. The molecule has 0 saturated carbocycles. The van der Waals surface area contributed by atoms with Crippen LogP contribution in [0.25, 0.3) is 0 Å². The molecule has 0 heterocycles. The third kappa shape index (κ3) is 4.64. The molecule has 0 aliphatic carbocycles. The van der Waals surface area contributed by atoms with Crippen molar-refractivity contribution in [2.75, 3.05) is 11.9 Å². The summed E-state index contributed by atoms with van der Waals surface area (Å²) in [6, 6.07) is 14.7. The van der Waals surface area contributed by atoms with Crippen molar-refractivity contribution in [3.8, 4) is 6.07 Å². The molecule has 23 heavy (non-hydrogen) atoms. The fourth-order valence-corrected chi connectivity index (χ4v) is 2.95. The van der Waals surface area contributed by atoms with Crippen LogP contribution in [0.5, 0.6) is 0 Å². The number of hydrogen-bond donors (Lipinski definition) is 2. The fraction of sp³-hybridized carbons (Fsp3) is 0.125. The van der Waals surface area contributed by atoms with E-state index in [2.05, 4.69) is 10.0 Å². The molecule has 2 aromatic rings. The zero-order valence-electron chi connectivity index (χ0n) is 12.4. The number of amides is 1. The molecule has 2 aromatic carbocycles. The van der Waals surface area contributed by atoms with Crippen LogP contribution in [0.15, 0.2) is 53.4 Å². The van der Waals surface area contributed by atoms with Crippen molar-refractivity contribution in [2.24, 2.45) is 0 Å². The number of benzene rings is 2. The number of aryl methyl sites for hydroxylation is 1. The van der Waals surface area contributed by atoms with E-state index in [-0.39, 0.29) is 11.4 Å². The summed E-state index contributed by atoms with van der Waals surface area (Å²) in [6.45, 7) is 1.41. The Morgan fingerprint density at radius 3 is 2.48 bits per heavy atom. The van der Waals surface area contributed by atoms with E-state index >= 15 is 0 Å². The summed E-state index contributed by atoms with van der Waals surface area (Å²) >= 11 is 0. The van der Waals surface area contributed by atoms with Crippen molar-refractivity contribution in [2.45, 2.75) is 11.8 Å². The zero-order chi connectivity index (χ0) is 16.9. The summed E-state index contributed by atoms with van der Waals surface area (Å²) < 4.78 is 26.4. The SMILES string of the molecule is Cc1cccc(S(=O)(=O)NCC(=O)Nc2ccc(C#N)cc2)c1. The van der Waals surface area contributed by atoms with Crippen molar-refractivity contribution < 1.29 is 13.2 Å². The van der Waals surface area contributed by atoms with Crippen LogP contribution in [-0.4, -0.2) is 20.9 Å². The summed E-state index contributed by atoms with van der Waals surface area (Å²) in [5.74, 6) is -0.495. The second kappa shape index (κ2) is 7.05. The number of nitrogens with zero attached hydrogens (tertiary/aromatic N) is 1. The topological polar surface area (TPSA) is 99.1 Å². The first-order valence-corrected chi connectivity index (χ1v) is 8.25. The highest BCUT2D eigenvalue weighted by atomic mass is 32.2. The minimum Gasteiger partial charge on any atom is -0.325 e. The van der Waals surface area contributed by atoms with Crippen LogP contribution in [0.3, 0.4) is 0 Å². The van der Waals surface area contributed by atoms with Gasteiger partial charge in [0, 0.05) is 5.69 Å². The van der Waals surface area contributed by atoms with Crippen LogP contribution >= 0.6 is 0 Å². The van der Waals surface area contributed by atoms with E-state index in [1.165, 1.54) is 12.1 Å². The van der Waals surface area contributed by atoms with Gasteiger partial charge in [-0.25, -0.2) is 13.1 Å². The Morgan fingerprint density at radius 1 is 1.17 bits per heavy atom. The predicted octanol–water partition coefficient (Wildman–Crippen LogP) is 1.78. The summed E-state index contributed by atoms with van der Waals surface area (Å²) in [6.07, 6.45) is 0. The second-order valence-electron chi connectivity index (χ2n) is 4.88. The Morgan fingerprint density at radius 2 is 1.87 bits per heavy atom. The molecule has 118 valence electrons. The highest BCUT2D eigenvalue weighted by Gasteiger charge is 2.15. The fourth-order valence-electron chi connectivity index (χ4n) is 1.86. The van der Waals surface area contributed by atoms with E-state index in [4.69, 9.17) is 5.26 Å². The monoisotopic (exact) mass is 329 g/mol. The van der Waals surface area contributed by atoms with Gasteiger partial charge in [-0.15, -0.1) is 0 Å². The third-order valence-electron chi connectivity index (χ3n) is 3.02. The Kier molecular flexibility index (Phi) is 5.11. The van der Waals surface area contributed by atoms with E-state index in [0.29, 0.717) is 11.3 Å². The van der Waals surface area contributed by atoms with E-state index in [1.54, 1.807) is 43.3 Å². The lowest BCUT2D eigenvalue weighted by Gasteiger charge is -2.08. The molecule has 0 bridgehead atoms. The molecule has 0 saturated heterocycles. The summed E-state index contributed by atoms with van der Waals surface area (Å²) in [5, 5.41) is 11.3. The van der Waals surface area contributed by atoms with Gasteiger partial charge >= 0.3 is 0 Å². The molecular formula is C16H15N3O3S. The highest BCUT2D eigenvalue weighted by Crippen LogP contribution is 2.11. The lowest BCUT2D eigenvalue weighted by molar-refractivity contribution is -0.115.